The highest BCUT2D eigenvalue weighted by Crippen LogP contribution is 2.13. The number of amides is 1. The van der Waals surface area contributed by atoms with Gasteiger partial charge in [0.05, 0.1) is 5.92 Å². The maximum atomic E-state index is 12.2. The van der Waals surface area contributed by atoms with Crippen molar-refractivity contribution in [2.45, 2.75) is 53.0 Å². The van der Waals surface area contributed by atoms with Crippen LogP contribution >= 0.6 is 24.8 Å². The van der Waals surface area contributed by atoms with Gasteiger partial charge in [-0.25, -0.2) is 0 Å². The molecule has 22 heavy (non-hydrogen) atoms. The number of halogens is 2. The molecule has 1 aliphatic heterocycles. The van der Waals surface area contributed by atoms with Crippen LogP contribution in [0.5, 0.6) is 0 Å². The number of rotatable bonds is 8. The van der Waals surface area contributed by atoms with E-state index in [2.05, 4.69) is 43.2 Å². The Hall–Kier alpha value is -0.0300. The first-order chi connectivity index (χ1) is 9.58. The standard InChI is InChI=1S/C16H33N3O.2ClH/c1-5-19(6-2)15(10-13(3)4)12-18-16(20)14-8-7-9-17-11-14;;/h13-15,17H,5-12H2,1-4H3,(H,18,20);2*1H. The molecule has 0 bridgehead atoms. The predicted octanol–water partition coefficient (Wildman–Crippen LogP) is 2.70. The van der Waals surface area contributed by atoms with Crippen LogP contribution in [0.2, 0.25) is 0 Å². The highest BCUT2D eigenvalue weighted by Gasteiger charge is 2.23. The molecule has 1 aliphatic rings. The summed E-state index contributed by atoms with van der Waals surface area (Å²) in [5.74, 6) is 1.06. The molecular weight excluding hydrogens is 321 g/mol. The molecular formula is C16H35Cl2N3O. The van der Waals surface area contributed by atoms with Crippen LogP contribution in [-0.2, 0) is 4.79 Å². The molecule has 1 rings (SSSR count). The SMILES string of the molecule is CCN(CC)C(CNC(=O)C1CCCNC1)CC(C)C.Cl.Cl. The maximum absolute atomic E-state index is 12.2. The fourth-order valence-corrected chi connectivity index (χ4v) is 3.08. The van der Waals surface area contributed by atoms with Crippen molar-refractivity contribution in [3.05, 3.63) is 0 Å². The zero-order valence-corrected chi connectivity index (χ0v) is 16.2. The number of hydrogen-bond acceptors (Lipinski definition) is 3. The van der Waals surface area contributed by atoms with E-state index in [1.54, 1.807) is 0 Å². The second-order valence-electron chi connectivity index (χ2n) is 6.29. The quantitative estimate of drug-likeness (QED) is 0.703. The summed E-state index contributed by atoms with van der Waals surface area (Å²) < 4.78 is 0. The highest BCUT2D eigenvalue weighted by molar-refractivity contribution is 5.85. The molecule has 1 heterocycles. The molecule has 0 radical (unpaired) electrons. The number of piperidine rings is 1. The third kappa shape index (κ3) is 8.56. The van der Waals surface area contributed by atoms with Crippen molar-refractivity contribution in [1.82, 2.24) is 15.5 Å². The van der Waals surface area contributed by atoms with Crippen molar-refractivity contribution >= 4 is 30.7 Å². The summed E-state index contributed by atoms with van der Waals surface area (Å²) in [6, 6.07) is 0.463. The fraction of sp³-hybridized carbons (Fsp3) is 0.938. The lowest BCUT2D eigenvalue weighted by Crippen LogP contribution is -2.47. The Morgan fingerprint density at radius 2 is 1.91 bits per heavy atom. The van der Waals surface area contributed by atoms with Crippen molar-refractivity contribution in [3.8, 4) is 0 Å². The highest BCUT2D eigenvalue weighted by atomic mass is 35.5. The molecule has 134 valence electrons. The van der Waals surface area contributed by atoms with Crippen molar-refractivity contribution < 1.29 is 4.79 Å². The largest absolute Gasteiger partial charge is 0.354 e. The van der Waals surface area contributed by atoms with E-state index in [9.17, 15) is 4.79 Å². The third-order valence-corrected chi connectivity index (χ3v) is 4.25. The van der Waals surface area contributed by atoms with Gasteiger partial charge in [0.2, 0.25) is 5.91 Å². The number of hydrogen-bond donors (Lipinski definition) is 2. The first kappa shape index (κ1) is 24.2. The molecule has 2 unspecified atom stereocenters. The van der Waals surface area contributed by atoms with E-state index in [1.807, 2.05) is 0 Å². The zero-order valence-electron chi connectivity index (χ0n) is 14.6. The molecule has 0 saturated carbocycles. The molecule has 2 atom stereocenters. The van der Waals surface area contributed by atoms with Crippen molar-refractivity contribution in [2.24, 2.45) is 11.8 Å². The molecule has 4 nitrogen and oxygen atoms in total. The van der Waals surface area contributed by atoms with Crippen LogP contribution < -0.4 is 10.6 Å². The lowest BCUT2D eigenvalue weighted by molar-refractivity contribution is -0.125. The summed E-state index contributed by atoms with van der Waals surface area (Å²) in [5, 5.41) is 6.50. The molecule has 0 aromatic rings. The average molecular weight is 356 g/mol. The van der Waals surface area contributed by atoms with Gasteiger partial charge in [-0.05, 0) is 44.8 Å². The van der Waals surface area contributed by atoms with E-state index in [-0.39, 0.29) is 36.6 Å². The van der Waals surface area contributed by atoms with Crippen LogP contribution in [-0.4, -0.2) is 49.6 Å². The Kier molecular flexibility index (Phi) is 14.8. The van der Waals surface area contributed by atoms with E-state index in [4.69, 9.17) is 0 Å². The van der Waals surface area contributed by atoms with Gasteiger partial charge in [-0.3, -0.25) is 9.69 Å². The van der Waals surface area contributed by atoms with E-state index >= 15 is 0 Å². The predicted molar refractivity (Wildman–Crippen MR) is 99.3 cm³/mol. The number of carbonyl (C=O) groups is 1. The molecule has 2 N–H and O–H groups in total. The van der Waals surface area contributed by atoms with Gasteiger partial charge in [-0.15, -0.1) is 24.8 Å². The Bertz CT molecular complexity index is 281. The van der Waals surface area contributed by atoms with E-state index < -0.39 is 0 Å². The Morgan fingerprint density at radius 1 is 1.27 bits per heavy atom. The number of nitrogens with one attached hydrogen (secondary N) is 2. The number of likely N-dealkylation sites (N-methyl/N-ethyl adjacent to an activating group) is 1. The van der Waals surface area contributed by atoms with Gasteiger partial charge in [0.1, 0.15) is 0 Å². The van der Waals surface area contributed by atoms with Gasteiger partial charge in [-0.1, -0.05) is 27.7 Å². The van der Waals surface area contributed by atoms with Crippen molar-refractivity contribution in [3.63, 3.8) is 0 Å². The topological polar surface area (TPSA) is 44.4 Å². The molecule has 0 spiro atoms. The first-order valence-corrected chi connectivity index (χ1v) is 8.30. The number of nitrogens with zero attached hydrogens (tertiary/aromatic N) is 1. The minimum atomic E-state index is 0. The van der Waals surface area contributed by atoms with Gasteiger partial charge >= 0.3 is 0 Å². The van der Waals surface area contributed by atoms with Gasteiger partial charge < -0.3 is 10.6 Å². The molecule has 0 aromatic heterocycles. The number of carbonyl (C=O) groups excluding carboxylic acids is 1. The van der Waals surface area contributed by atoms with Crippen LogP contribution in [0, 0.1) is 11.8 Å². The molecule has 0 aliphatic carbocycles. The van der Waals surface area contributed by atoms with Gasteiger partial charge in [0.25, 0.3) is 0 Å². The second-order valence-corrected chi connectivity index (χ2v) is 6.29. The summed E-state index contributed by atoms with van der Waals surface area (Å²) in [4.78, 5) is 14.7. The third-order valence-electron chi connectivity index (χ3n) is 4.25. The van der Waals surface area contributed by atoms with Gasteiger partial charge in [0, 0.05) is 19.1 Å². The smallest absolute Gasteiger partial charge is 0.224 e. The lowest BCUT2D eigenvalue weighted by Gasteiger charge is -2.32. The van der Waals surface area contributed by atoms with Crippen LogP contribution in [0.4, 0.5) is 0 Å². The molecule has 0 aromatic carbocycles. The van der Waals surface area contributed by atoms with E-state index in [0.717, 1.165) is 52.0 Å². The minimum absolute atomic E-state index is 0. The Balaban J connectivity index is 0. The molecule has 1 amide bonds. The molecule has 6 heteroatoms. The Morgan fingerprint density at radius 3 is 2.36 bits per heavy atom. The van der Waals surface area contributed by atoms with Crippen molar-refractivity contribution in [1.29, 1.82) is 0 Å². The summed E-state index contributed by atoms with van der Waals surface area (Å²) in [7, 11) is 0. The Labute approximate surface area is 149 Å². The summed E-state index contributed by atoms with van der Waals surface area (Å²) in [6.45, 7) is 13.7. The lowest BCUT2D eigenvalue weighted by atomic mass is 9.98. The summed E-state index contributed by atoms with van der Waals surface area (Å²) in [5.41, 5.74) is 0. The van der Waals surface area contributed by atoms with Gasteiger partial charge in [0.15, 0.2) is 0 Å². The summed E-state index contributed by atoms with van der Waals surface area (Å²) >= 11 is 0. The molecule has 1 fully saturated rings. The van der Waals surface area contributed by atoms with Crippen molar-refractivity contribution in [2.75, 3.05) is 32.7 Å². The monoisotopic (exact) mass is 355 g/mol. The summed E-state index contributed by atoms with van der Waals surface area (Å²) in [6.07, 6.45) is 3.29. The van der Waals surface area contributed by atoms with E-state index in [0.29, 0.717) is 12.0 Å². The van der Waals surface area contributed by atoms with Crippen LogP contribution in [0.3, 0.4) is 0 Å². The maximum Gasteiger partial charge on any atom is 0.224 e. The second kappa shape index (κ2) is 13.4. The van der Waals surface area contributed by atoms with Gasteiger partial charge in [-0.2, -0.15) is 0 Å². The normalized spacial score (nSPS) is 19.3. The van der Waals surface area contributed by atoms with E-state index in [1.165, 1.54) is 0 Å². The fourth-order valence-electron chi connectivity index (χ4n) is 3.08. The average Bonchev–Trinajstić information content (AvgIpc) is 2.45. The first-order valence-electron chi connectivity index (χ1n) is 8.30. The molecule has 1 saturated heterocycles. The zero-order chi connectivity index (χ0) is 15.0. The minimum Gasteiger partial charge on any atom is -0.354 e. The van der Waals surface area contributed by atoms with Crippen LogP contribution in [0.25, 0.3) is 0 Å². The van der Waals surface area contributed by atoms with Crippen LogP contribution in [0.1, 0.15) is 47.0 Å². The van der Waals surface area contributed by atoms with Crippen LogP contribution in [0.15, 0.2) is 0 Å².